The molecule has 1 amide bonds. The van der Waals surface area contributed by atoms with Crippen molar-refractivity contribution >= 4 is 35.8 Å². The van der Waals surface area contributed by atoms with Crippen molar-refractivity contribution in [2.75, 3.05) is 40.4 Å². The molecule has 1 atom stereocenters. The zero-order chi connectivity index (χ0) is 21.2. The van der Waals surface area contributed by atoms with Crippen molar-refractivity contribution in [3.05, 3.63) is 24.3 Å². The molecule has 0 bridgehead atoms. The molecule has 1 saturated carbocycles. The number of likely N-dealkylation sites (tertiary alicyclic amines) is 1. The molecular weight excluding hydrogens is 507 g/mol. The number of hydrogen-bond donors (Lipinski definition) is 2. The molecule has 1 aromatic rings. The third kappa shape index (κ3) is 8.05. The smallest absolute Gasteiger partial charge is 0.225 e. The Hall–Kier alpha value is -1.71. The van der Waals surface area contributed by atoms with Gasteiger partial charge in [-0.1, -0.05) is 19.3 Å². The Labute approximate surface area is 203 Å². The Morgan fingerprint density at radius 2 is 1.84 bits per heavy atom. The molecule has 0 aromatic heterocycles. The molecular formula is C23H37IN4O3. The Morgan fingerprint density at radius 3 is 2.52 bits per heavy atom. The number of hydrogen-bond acceptors (Lipinski definition) is 4. The SMILES string of the molecule is CN=C(NCCCOc1ccc(OC)cc1)NC1CCN(C(=O)C2CCCCC2)C1.I. The molecule has 174 valence electrons. The summed E-state index contributed by atoms with van der Waals surface area (Å²) in [6, 6.07) is 7.87. The summed E-state index contributed by atoms with van der Waals surface area (Å²) < 4.78 is 10.9. The predicted octanol–water partition coefficient (Wildman–Crippen LogP) is 3.43. The molecule has 2 aliphatic rings. The van der Waals surface area contributed by atoms with Crippen molar-refractivity contribution in [2.24, 2.45) is 10.9 Å². The molecule has 2 fully saturated rings. The van der Waals surface area contributed by atoms with Gasteiger partial charge in [-0.3, -0.25) is 9.79 Å². The quantitative estimate of drug-likeness (QED) is 0.227. The van der Waals surface area contributed by atoms with Crippen LogP contribution in [0, 0.1) is 5.92 Å². The van der Waals surface area contributed by atoms with Crippen molar-refractivity contribution in [3.8, 4) is 11.5 Å². The highest BCUT2D eigenvalue weighted by Gasteiger charge is 2.31. The molecule has 1 saturated heterocycles. The van der Waals surface area contributed by atoms with Crippen LogP contribution in [-0.2, 0) is 4.79 Å². The fourth-order valence-corrected chi connectivity index (χ4v) is 4.21. The summed E-state index contributed by atoms with van der Waals surface area (Å²) in [6.45, 7) is 3.02. The van der Waals surface area contributed by atoms with Gasteiger partial charge in [0.2, 0.25) is 5.91 Å². The molecule has 1 aromatic carbocycles. The first kappa shape index (κ1) is 25.5. The lowest BCUT2D eigenvalue weighted by atomic mass is 9.88. The number of benzene rings is 1. The van der Waals surface area contributed by atoms with Crippen LogP contribution in [0.3, 0.4) is 0 Å². The number of carbonyl (C=O) groups is 1. The van der Waals surface area contributed by atoms with Gasteiger partial charge in [-0.05, 0) is 49.9 Å². The second kappa shape index (κ2) is 13.6. The van der Waals surface area contributed by atoms with Gasteiger partial charge in [0, 0.05) is 38.6 Å². The summed E-state index contributed by atoms with van der Waals surface area (Å²) in [4.78, 5) is 19.1. The lowest BCUT2D eigenvalue weighted by molar-refractivity contribution is -0.135. The summed E-state index contributed by atoms with van der Waals surface area (Å²) in [5, 5.41) is 6.81. The second-order valence-corrected chi connectivity index (χ2v) is 8.13. The molecule has 2 N–H and O–H groups in total. The molecule has 31 heavy (non-hydrogen) atoms. The van der Waals surface area contributed by atoms with E-state index < -0.39 is 0 Å². The van der Waals surface area contributed by atoms with E-state index in [9.17, 15) is 4.79 Å². The van der Waals surface area contributed by atoms with Crippen molar-refractivity contribution in [2.45, 2.75) is 51.0 Å². The van der Waals surface area contributed by atoms with Gasteiger partial charge in [0.1, 0.15) is 11.5 Å². The van der Waals surface area contributed by atoms with Crippen LogP contribution in [0.5, 0.6) is 11.5 Å². The van der Waals surface area contributed by atoms with Gasteiger partial charge in [-0.25, -0.2) is 0 Å². The molecule has 8 heteroatoms. The van der Waals surface area contributed by atoms with Gasteiger partial charge >= 0.3 is 0 Å². The Balaban J connectivity index is 0.00000341. The lowest BCUT2D eigenvalue weighted by Gasteiger charge is -2.26. The standard InChI is InChI=1S/C23H36N4O3.HI/c1-24-23(25-14-6-16-30-21-11-9-20(29-2)10-12-21)26-19-13-15-27(17-19)22(28)18-7-4-3-5-8-18;/h9-12,18-19H,3-8,13-17H2,1-2H3,(H2,24,25,26);1H. The van der Waals surface area contributed by atoms with E-state index in [0.29, 0.717) is 12.5 Å². The maximum absolute atomic E-state index is 12.7. The van der Waals surface area contributed by atoms with Gasteiger partial charge in [-0.15, -0.1) is 24.0 Å². The molecule has 7 nitrogen and oxygen atoms in total. The molecule has 1 aliphatic heterocycles. The van der Waals surface area contributed by atoms with Crippen LogP contribution in [0.4, 0.5) is 0 Å². The van der Waals surface area contributed by atoms with Gasteiger partial charge in [0.05, 0.1) is 13.7 Å². The van der Waals surface area contributed by atoms with Crippen molar-refractivity contribution in [3.63, 3.8) is 0 Å². The number of amides is 1. The molecule has 1 aliphatic carbocycles. The van der Waals surface area contributed by atoms with E-state index in [1.807, 2.05) is 29.2 Å². The van der Waals surface area contributed by atoms with E-state index in [0.717, 1.165) is 62.8 Å². The first-order valence-corrected chi connectivity index (χ1v) is 11.2. The van der Waals surface area contributed by atoms with Crippen molar-refractivity contribution in [1.29, 1.82) is 0 Å². The number of nitrogens with one attached hydrogen (secondary N) is 2. The van der Waals surface area contributed by atoms with E-state index in [1.165, 1.54) is 19.3 Å². The molecule has 1 heterocycles. The number of aliphatic imine (C=N–C) groups is 1. The average Bonchev–Trinajstić information content (AvgIpc) is 3.27. The van der Waals surface area contributed by atoms with E-state index in [4.69, 9.17) is 9.47 Å². The minimum atomic E-state index is 0. The zero-order valence-corrected chi connectivity index (χ0v) is 21.1. The lowest BCUT2D eigenvalue weighted by Crippen LogP contribution is -2.46. The van der Waals surface area contributed by atoms with Crippen LogP contribution in [-0.4, -0.2) is 63.2 Å². The molecule has 3 rings (SSSR count). The average molecular weight is 544 g/mol. The number of nitrogens with zero attached hydrogens (tertiary/aromatic N) is 2. The van der Waals surface area contributed by atoms with Gasteiger partial charge in [0.15, 0.2) is 5.96 Å². The first-order valence-electron chi connectivity index (χ1n) is 11.2. The molecule has 0 radical (unpaired) electrons. The van der Waals surface area contributed by atoms with Crippen LogP contribution in [0.1, 0.15) is 44.9 Å². The zero-order valence-electron chi connectivity index (χ0n) is 18.8. The maximum Gasteiger partial charge on any atom is 0.225 e. The summed E-state index contributed by atoms with van der Waals surface area (Å²) in [5.41, 5.74) is 0. The topological polar surface area (TPSA) is 75.2 Å². The van der Waals surface area contributed by atoms with Crippen LogP contribution in [0.25, 0.3) is 0 Å². The number of rotatable bonds is 8. The van der Waals surface area contributed by atoms with Gasteiger partial charge in [0.25, 0.3) is 0 Å². The number of methoxy groups -OCH3 is 1. The first-order chi connectivity index (χ1) is 14.7. The van der Waals surface area contributed by atoms with E-state index in [2.05, 4.69) is 15.6 Å². The third-order valence-corrected chi connectivity index (χ3v) is 5.96. The van der Waals surface area contributed by atoms with Crippen molar-refractivity contribution in [1.82, 2.24) is 15.5 Å². The summed E-state index contributed by atoms with van der Waals surface area (Å²) in [6.07, 6.45) is 7.64. The third-order valence-electron chi connectivity index (χ3n) is 5.96. The fraction of sp³-hybridized carbons (Fsp3) is 0.652. The molecule has 1 unspecified atom stereocenters. The van der Waals surface area contributed by atoms with Crippen LogP contribution >= 0.6 is 24.0 Å². The van der Waals surface area contributed by atoms with E-state index in [-0.39, 0.29) is 35.9 Å². The highest BCUT2D eigenvalue weighted by Crippen LogP contribution is 2.26. The minimum absolute atomic E-state index is 0. The van der Waals surface area contributed by atoms with E-state index in [1.54, 1.807) is 14.2 Å². The highest BCUT2D eigenvalue weighted by atomic mass is 127. The minimum Gasteiger partial charge on any atom is -0.497 e. The van der Waals surface area contributed by atoms with Gasteiger partial charge < -0.3 is 25.0 Å². The monoisotopic (exact) mass is 544 g/mol. The van der Waals surface area contributed by atoms with Crippen molar-refractivity contribution < 1.29 is 14.3 Å². The summed E-state index contributed by atoms with van der Waals surface area (Å²) in [7, 11) is 3.43. The Morgan fingerprint density at radius 1 is 1.13 bits per heavy atom. The Kier molecular flexibility index (Phi) is 11.2. The Bertz CT molecular complexity index is 693. The summed E-state index contributed by atoms with van der Waals surface area (Å²) in [5.74, 6) is 3.06. The maximum atomic E-state index is 12.7. The van der Waals surface area contributed by atoms with Crippen LogP contribution in [0.2, 0.25) is 0 Å². The number of halogens is 1. The number of ether oxygens (including phenoxy) is 2. The van der Waals surface area contributed by atoms with E-state index >= 15 is 0 Å². The highest BCUT2D eigenvalue weighted by molar-refractivity contribution is 14.0. The number of carbonyl (C=O) groups excluding carboxylic acids is 1. The van der Waals surface area contributed by atoms with Gasteiger partial charge in [-0.2, -0.15) is 0 Å². The summed E-state index contributed by atoms with van der Waals surface area (Å²) >= 11 is 0. The largest absolute Gasteiger partial charge is 0.497 e. The predicted molar refractivity (Wildman–Crippen MR) is 135 cm³/mol. The normalized spacial score (nSPS) is 19.5. The van der Waals surface area contributed by atoms with Crippen LogP contribution in [0.15, 0.2) is 29.3 Å². The number of guanidine groups is 1. The van der Waals surface area contributed by atoms with Crippen LogP contribution < -0.4 is 20.1 Å². The molecule has 0 spiro atoms. The second-order valence-electron chi connectivity index (χ2n) is 8.13. The fourth-order valence-electron chi connectivity index (χ4n) is 4.21.